The molecule has 1 N–H and O–H groups in total. The van der Waals surface area contributed by atoms with Crippen molar-refractivity contribution < 1.29 is 9.59 Å². The summed E-state index contributed by atoms with van der Waals surface area (Å²) in [7, 11) is 0. The van der Waals surface area contributed by atoms with Crippen LogP contribution in [0.1, 0.15) is 46.1 Å². The van der Waals surface area contributed by atoms with Crippen LogP contribution in [0.4, 0.5) is 0 Å². The molecule has 0 radical (unpaired) electrons. The van der Waals surface area contributed by atoms with E-state index in [2.05, 4.69) is 5.32 Å². The summed E-state index contributed by atoms with van der Waals surface area (Å²) in [6.45, 7) is 8.50. The molecular formula is C18H26Cl2N2O2. The molecule has 134 valence electrons. The molecule has 2 amide bonds. The SMILES string of the molecule is CCCC(=O)N(Cc1c(Cl)cccc1Cl)[C@H](C)C(=O)NCC(C)C. The molecule has 0 fully saturated rings. The van der Waals surface area contributed by atoms with E-state index in [1.54, 1.807) is 30.0 Å². The van der Waals surface area contributed by atoms with Crippen LogP contribution in [0, 0.1) is 5.92 Å². The number of carbonyl (C=O) groups excluding carboxylic acids is 2. The van der Waals surface area contributed by atoms with Gasteiger partial charge in [0, 0.05) is 35.1 Å². The molecule has 0 aliphatic carbocycles. The standard InChI is InChI=1S/C18H26Cl2N2O2/c1-5-7-17(23)22(13(4)18(24)21-10-12(2)3)11-14-15(19)8-6-9-16(14)20/h6,8-9,12-13H,5,7,10-11H2,1-4H3,(H,21,24)/t13-/m1/s1. The maximum Gasteiger partial charge on any atom is 0.242 e. The van der Waals surface area contributed by atoms with Gasteiger partial charge >= 0.3 is 0 Å². The third-order valence-corrected chi connectivity index (χ3v) is 4.41. The Bertz CT molecular complexity index is 556. The Labute approximate surface area is 154 Å². The van der Waals surface area contributed by atoms with E-state index in [4.69, 9.17) is 23.2 Å². The largest absolute Gasteiger partial charge is 0.354 e. The Morgan fingerprint density at radius 1 is 1.17 bits per heavy atom. The van der Waals surface area contributed by atoms with Crippen LogP contribution in [0.2, 0.25) is 10.0 Å². The minimum atomic E-state index is -0.588. The van der Waals surface area contributed by atoms with E-state index in [0.29, 0.717) is 40.9 Å². The lowest BCUT2D eigenvalue weighted by Gasteiger charge is -2.29. The van der Waals surface area contributed by atoms with Crippen molar-refractivity contribution in [3.63, 3.8) is 0 Å². The summed E-state index contributed by atoms with van der Waals surface area (Å²) in [6, 6.07) is 4.63. The molecule has 0 heterocycles. The van der Waals surface area contributed by atoms with Gasteiger partial charge in [0.15, 0.2) is 0 Å². The fourth-order valence-electron chi connectivity index (χ4n) is 2.25. The second kappa shape index (κ2) is 9.90. The number of nitrogens with one attached hydrogen (secondary N) is 1. The fraction of sp³-hybridized carbons (Fsp3) is 0.556. The van der Waals surface area contributed by atoms with E-state index < -0.39 is 6.04 Å². The van der Waals surface area contributed by atoms with Crippen LogP contribution in [-0.4, -0.2) is 29.3 Å². The number of rotatable bonds is 8. The van der Waals surface area contributed by atoms with Crippen molar-refractivity contribution in [2.45, 2.75) is 53.1 Å². The minimum Gasteiger partial charge on any atom is -0.354 e. The molecule has 6 heteroatoms. The van der Waals surface area contributed by atoms with E-state index >= 15 is 0 Å². The number of benzene rings is 1. The Kier molecular flexibility index (Phi) is 8.57. The second-order valence-electron chi connectivity index (χ2n) is 6.29. The minimum absolute atomic E-state index is 0.0827. The average molecular weight is 373 g/mol. The molecule has 0 bridgehead atoms. The van der Waals surface area contributed by atoms with Gasteiger partial charge in [0.1, 0.15) is 6.04 Å². The summed E-state index contributed by atoms with van der Waals surface area (Å²) >= 11 is 12.4. The number of nitrogens with zero attached hydrogens (tertiary/aromatic N) is 1. The first kappa shape index (κ1) is 20.8. The van der Waals surface area contributed by atoms with Gasteiger partial charge in [-0.05, 0) is 31.4 Å². The molecule has 0 aliphatic rings. The first-order chi connectivity index (χ1) is 11.3. The van der Waals surface area contributed by atoms with Crippen LogP contribution in [0.3, 0.4) is 0 Å². The molecule has 1 atom stereocenters. The molecule has 0 saturated carbocycles. The van der Waals surface area contributed by atoms with Crippen LogP contribution < -0.4 is 5.32 Å². The highest BCUT2D eigenvalue weighted by atomic mass is 35.5. The molecule has 1 aromatic carbocycles. The molecular weight excluding hydrogens is 347 g/mol. The summed E-state index contributed by atoms with van der Waals surface area (Å²) < 4.78 is 0. The zero-order valence-electron chi connectivity index (χ0n) is 14.7. The molecule has 4 nitrogen and oxygen atoms in total. The third kappa shape index (κ3) is 5.99. The highest BCUT2D eigenvalue weighted by Gasteiger charge is 2.26. The number of hydrogen-bond acceptors (Lipinski definition) is 2. The van der Waals surface area contributed by atoms with Gasteiger partial charge in [-0.3, -0.25) is 9.59 Å². The molecule has 0 aromatic heterocycles. The second-order valence-corrected chi connectivity index (χ2v) is 7.10. The lowest BCUT2D eigenvalue weighted by molar-refractivity contribution is -0.140. The summed E-state index contributed by atoms with van der Waals surface area (Å²) in [5, 5.41) is 3.86. The Balaban J connectivity index is 2.99. The van der Waals surface area contributed by atoms with Crippen molar-refractivity contribution in [2.75, 3.05) is 6.54 Å². The van der Waals surface area contributed by atoms with Crippen molar-refractivity contribution in [3.8, 4) is 0 Å². The lowest BCUT2D eigenvalue weighted by atomic mass is 10.1. The van der Waals surface area contributed by atoms with Gasteiger partial charge in [-0.15, -0.1) is 0 Å². The fourth-order valence-corrected chi connectivity index (χ4v) is 2.76. The normalized spacial score (nSPS) is 12.1. The van der Waals surface area contributed by atoms with Crippen molar-refractivity contribution in [1.29, 1.82) is 0 Å². The van der Waals surface area contributed by atoms with Gasteiger partial charge in [-0.2, -0.15) is 0 Å². The van der Waals surface area contributed by atoms with Crippen molar-refractivity contribution in [1.82, 2.24) is 10.2 Å². The van der Waals surface area contributed by atoms with Gasteiger partial charge in [-0.25, -0.2) is 0 Å². The van der Waals surface area contributed by atoms with Crippen LogP contribution in [0.25, 0.3) is 0 Å². The molecule has 0 spiro atoms. The third-order valence-electron chi connectivity index (χ3n) is 3.71. The van der Waals surface area contributed by atoms with Crippen molar-refractivity contribution >= 4 is 35.0 Å². The van der Waals surface area contributed by atoms with Crippen LogP contribution in [0.5, 0.6) is 0 Å². The van der Waals surface area contributed by atoms with Gasteiger partial charge in [-0.1, -0.05) is 50.0 Å². The summed E-state index contributed by atoms with van der Waals surface area (Å²) in [5.41, 5.74) is 0.661. The first-order valence-electron chi connectivity index (χ1n) is 8.28. The Morgan fingerprint density at radius 2 is 1.75 bits per heavy atom. The quantitative estimate of drug-likeness (QED) is 0.739. The van der Waals surface area contributed by atoms with E-state index in [1.807, 2.05) is 20.8 Å². The maximum atomic E-state index is 12.5. The maximum absolute atomic E-state index is 12.5. The number of halogens is 2. The van der Waals surface area contributed by atoms with Crippen LogP contribution in [-0.2, 0) is 16.1 Å². The molecule has 1 rings (SSSR count). The summed E-state index contributed by atoms with van der Waals surface area (Å²) in [5.74, 6) is 0.0935. The molecule has 0 aliphatic heterocycles. The number of carbonyl (C=O) groups is 2. The van der Waals surface area contributed by atoms with Gasteiger partial charge < -0.3 is 10.2 Å². The van der Waals surface area contributed by atoms with E-state index in [-0.39, 0.29) is 18.4 Å². The predicted octanol–water partition coefficient (Wildman–Crippen LogP) is 4.28. The topological polar surface area (TPSA) is 49.4 Å². The molecule has 1 aromatic rings. The van der Waals surface area contributed by atoms with E-state index in [9.17, 15) is 9.59 Å². The van der Waals surface area contributed by atoms with E-state index in [0.717, 1.165) is 0 Å². The lowest BCUT2D eigenvalue weighted by Crippen LogP contribution is -2.48. The zero-order valence-corrected chi connectivity index (χ0v) is 16.2. The van der Waals surface area contributed by atoms with Crippen molar-refractivity contribution in [3.05, 3.63) is 33.8 Å². The number of hydrogen-bond donors (Lipinski definition) is 1. The van der Waals surface area contributed by atoms with Gasteiger partial charge in [0.2, 0.25) is 11.8 Å². The average Bonchev–Trinajstić information content (AvgIpc) is 2.51. The highest BCUT2D eigenvalue weighted by Crippen LogP contribution is 2.26. The Hall–Kier alpha value is -1.26. The molecule has 0 unspecified atom stereocenters. The summed E-state index contributed by atoms with van der Waals surface area (Å²) in [6.07, 6.45) is 1.09. The van der Waals surface area contributed by atoms with Crippen LogP contribution >= 0.6 is 23.2 Å². The molecule has 0 saturated heterocycles. The predicted molar refractivity (Wildman–Crippen MR) is 99.2 cm³/mol. The van der Waals surface area contributed by atoms with Gasteiger partial charge in [0.05, 0.1) is 0 Å². The van der Waals surface area contributed by atoms with E-state index in [1.165, 1.54) is 0 Å². The van der Waals surface area contributed by atoms with Gasteiger partial charge in [0.25, 0.3) is 0 Å². The smallest absolute Gasteiger partial charge is 0.242 e. The number of amides is 2. The zero-order chi connectivity index (χ0) is 18.3. The summed E-state index contributed by atoms with van der Waals surface area (Å²) in [4.78, 5) is 26.4. The van der Waals surface area contributed by atoms with Crippen LogP contribution in [0.15, 0.2) is 18.2 Å². The molecule has 24 heavy (non-hydrogen) atoms. The first-order valence-corrected chi connectivity index (χ1v) is 9.03. The monoisotopic (exact) mass is 372 g/mol. The van der Waals surface area contributed by atoms with Crippen molar-refractivity contribution in [2.24, 2.45) is 5.92 Å². The Morgan fingerprint density at radius 3 is 2.25 bits per heavy atom. The highest BCUT2D eigenvalue weighted by molar-refractivity contribution is 6.36.